The van der Waals surface area contributed by atoms with Gasteiger partial charge in [-0.1, -0.05) is 60.2 Å². The molecule has 78 valence electrons. The van der Waals surface area contributed by atoms with Gasteiger partial charge in [0.25, 0.3) is 0 Å². The molecule has 1 atom stereocenters. The summed E-state index contributed by atoms with van der Waals surface area (Å²) in [4.78, 5) is 0. The first-order valence-corrected chi connectivity index (χ1v) is 8.83. The van der Waals surface area contributed by atoms with Crippen LogP contribution in [-0.2, 0) is 0 Å². The lowest BCUT2D eigenvalue weighted by atomic mass is 9.69. The van der Waals surface area contributed by atoms with Crippen LogP contribution in [0.25, 0.3) is 0 Å². The zero-order chi connectivity index (χ0) is 10.5. The van der Waals surface area contributed by atoms with Crippen LogP contribution in [0.2, 0.25) is 24.2 Å². The average Bonchev–Trinajstić information content (AvgIpc) is 1.97. The minimum absolute atomic E-state index is 0.529. The minimum Gasteiger partial charge on any atom is -0.0689 e. The van der Waals surface area contributed by atoms with E-state index in [0.29, 0.717) is 10.5 Å². The third kappa shape index (κ3) is 1.40. The average molecular weight is 198 g/mol. The molecule has 0 N–H and O–H groups in total. The molecule has 0 aliphatic carbocycles. The lowest BCUT2D eigenvalue weighted by molar-refractivity contribution is 0.136. The highest BCUT2D eigenvalue weighted by Crippen LogP contribution is 2.61. The van der Waals surface area contributed by atoms with Crippen LogP contribution in [0.1, 0.15) is 41.0 Å². The zero-order valence-corrected chi connectivity index (χ0v) is 11.5. The van der Waals surface area contributed by atoms with E-state index in [0.717, 1.165) is 5.92 Å². The van der Waals surface area contributed by atoms with Gasteiger partial charge in [0.1, 0.15) is 0 Å². The van der Waals surface area contributed by atoms with Crippen molar-refractivity contribution in [3.05, 3.63) is 0 Å². The summed E-state index contributed by atoms with van der Waals surface area (Å²) in [5.74, 6) is 0.892. The summed E-state index contributed by atoms with van der Waals surface area (Å²) in [7, 11) is -0.995. The number of rotatable bonds is 0. The van der Waals surface area contributed by atoms with E-state index in [-0.39, 0.29) is 0 Å². The third-order valence-corrected chi connectivity index (χ3v) is 11.3. The molecular weight excluding hydrogens is 172 g/mol. The van der Waals surface area contributed by atoms with E-state index >= 15 is 0 Å². The predicted octanol–water partition coefficient (Wildman–Crippen LogP) is 4.54. The monoisotopic (exact) mass is 198 g/mol. The topological polar surface area (TPSA) is 0 Å². The maximum atomic E-state index is 2.57. The normalized spacial score (nSPS) is 35.8. The number of hydrogen-bond acceptors (Lipinski definition) is 0. The van der Waals surface area contributed by atoms with Crippen LogP contribution >= 0.6 is 0 Å². The lowest BCUT2D eigenvalue weighted by Gasteiger charge is -2.58. The van der Waals surface area contributed by atoms with Crippen molar-refractivity contribution in [3.63, 3.8) is 0 Å². The fourth-order valence-electron chi connectivity index (χ4n) is 2.74. The Morgan fingerprint density at radius 1 is 1.08 bits per heavy atom. The fraction of sp³-hybridized carbons (Fsp3) is 1.00. The van der Waals surface area contributed by atoms with Crippen molar-refractivity contribution in [2.45, 2.75) is 65.2 Å². The molecule has 1 aliphatic heterocycles. The lowest BCUT2D eigenvalue weighted by Crippen LogP contribution is -2.53. The zero-order valence-electron chi connectivity index (χ0n) is 10.5. The summed E-state index contributed by atoms with van der Waals surface area (Å²) in [6.45, 7) is 17.5. The van der Waals surface area contributed by atoms with Crippen molar-refractivity contribution < 1.29 is 0 Å². The van der Waals surface area contributed by atoms with E-state index in [1.54, 1.807) is 0 Å². The summed E-state index contributed by atoms with van der Waals surface area (Å²) in [6.07, 6.45) is 1.45. The SMILES string of the molecule is CC1CC[Si](C)(C)C(C)(C)C1(C)C. The van der Waals surface area contributed by atoms with Gasteiger partial charge in [-0.25, -0.2) is 0 Å². The smallest absolute Gasteiger partial charge is 0.0536 e. The van der Waals surface area contributed by atoms with Gasteiger partial charge >= 0.3 is 0 Å². The highest BCUT2D eigenvalue weighted by molar-refractivity contribution is 6.80. The Bertz CT molecular complexity index is 201. The predicted molar refractivity (Wildman–Crippen MR) is 63.9 cm³/mol. The van der Waals surface area contributed by atoms with Gasteiger partial charge in [0.05, 0.1) is 8.07 Å². The molecule has 0 radical (unpaired) electrons. The second-order valence-electron chi connectivity index (χ2n) is 6.67. The van der Waals surface area contributed by atoms with Crippen LogP contribution in [-0.4, -0.2) is 8.07 Å². The van der Waals surface area contributed by atoms with Gasteiger partial charge in [-0.15, -0.1) is 0 Å². The molecule has 0 aromatic carbocycles. The fourth-order valence-corrected chi connectivity index (χ4v) is 6.51. The highest BCUT2D eigenvalue weighted by Gasteiger charge is 2.54. The molecule has 13 heavy (non-hydrogen) atoms. The van der Waals surface area contributed by atoms with Crippen LogP contribution in [0.3, 0.4) is 0 Å². The quantitative estimate of drug-likeness (QED) is 0.501. The van der Waals surface area contributed by atoms with E-state index < -0.39 is 8.07 Å². The number of hydrogen-bond donors (Lipinski definition) is 0. The van der Waals surface area contributed by atoms with Crippen molar-refractivity contribution in [2.24, 2.45) is 11.3 Å². The highest BCUT2D eigenvalue weighted by atomic mass is 28.3. The molecule has 1 aliphatic rings. The molecule has 1 heteroatoms. The Labute approximate surface area is 85.1 Å². The van der Waals surface area contributed by atoms with Gasteiger partial charge in [-0.2, -0.15) is 0 Å². The van der Waals surface area contributed by atoms with E-state index in [4.69, 9.17) is 0 Å². The Hall–Kier alpha value is 0.217. The second-order valence-corrected chi connectivity index (χ2v) is 12.2. The molecule has 1 fully saturated rings. The van der Waals surface area contributed by atoms with Crippen molar-refractivity contribution in [1.29, 1.82) is 0 Å². The van der Waals surface area contributed by atoms with Crippen molar-refractivity contribution >= 4 is 8.07 Å². The molecular formula is C12H26Si. The van der Waals surface area contributed by atoms with Crippen molar-refractivity contribution in [2.75, 3.05) is 0 Å². The third-order valence-electron chi connectivity index (χ3n) is 5.74. The van der Waals surface area contributed by atoms with E-state index in [2.05, 4.69) is 47.7 Å². The molecule has 1 unspecified atom stereocenters. The Balaban J connectivity index is 3.07. The molecule has 0 saturated carbocycles. The van der Waals surface area contributed by atoms with Crippen LogP contribution in [0.5, 0.6) is 0 Å². The van der Waals surface area contributed by atoms with Crippen LogP contribution in [0, 0.1) is 11.3 Å². The summed E-state index contributed by atoms with van der Waals surface area (Å²) < 4.78 is 0. The Morgan fingerprint density at radius 3 is 1.92 bits per heavy atom. The van der Waals surface area contributed by atoms with E-state index in [1.165, 1.54) is 12.5 Å². The van der Waals surface area contributed by atoms with E-state index in [1.807, 2.05) is 0 Å². The van der Waals surface area contributed by atoms with Gasteiger partial charge in [0.2, 0.25) is 0 Å². The first-order chi connectivity index (χ1) is 5.63. The van der Waals surface area contributed by atoms with Crippen LogP contribution in [0.4, 0.5) is 0 Å². The van der Waals surface area contributed by atoms with Gasteiger partial charge in [0, 0.05) is 0 Å². The minimum atomic E-state index is -0.995. The summed E-state index contributed by atoms with van der Waals surface area (Å²) >= 11 is 0. The molecule has 1 saturated heterocycles. The molecule has 0 amide bonds. The summed E-state index contributed by atoms with van der Waals surface area (Å²) in [5.41, 5.74) is 0.529. The Kier molecular flexibility index (Phi) is 2.48. The standard InChI is InChI=1S/C12H26Si/c1-10-8-9-13(6,7)12(4,5)11(10,2)3/h10H,8-9H2,1-7H3. The first-order valence-electron chi connectivity index (χ1n) is 5.63. The largest absolute Gasteiger partial charge is 0.0689 e. The summed E-state index contributed by atoms with van der Waals surface area (Å²) in [6, 6.07) is 1.52. The van der Waals surface area contributed by atoms with Gasteiger partial charge < -0.3 is 0 Å². The van der Waals surface area contributed by atoms with Gasteiger partial charge in [0.15, 0.2) is 0 Å². The van der Waals surface area contributed by atoms with Crippen molar-refractivity contribution in [3.8, 4) is 0 Å². The molecule has 0 aromatic heterocycles. The van der Waals surface area contributed by atoms with Crippen LogP contribution < -0.4 is 0 Å². The Morgan fingerprint density at radius 2 is 1.54 bits per heavy atom. The molecule has 0 nitrogen and oxygen atoms in total. The van der Waals surface area contributed by atoms with Gasteiger partial charge in [-0.3, -0.25) is 0 Å². The maximum Gasteiger partial charge on any atom is 0.0536 e. The maximum absolute atomic E-state index is 2.57. The van der Waals surface area contributed by atoms with Crippen LogP contribution in [0.15, 0.2) is 0 Å². The van der Waals surface area contributed by atoms with Crippen molar-refractivity contribution in [1.82, 2.24) is 0 Å². The molecule has 1 heterocycles. The molecule has 1 rings (SSSR count). The molecule has 0 bridgehead atoms. The summed E-state index contributed by atoms with van der Waals surface area (Å²) in [5, 5.41) is 0.581. The van der Waals surface area contributed by atoms with Gasteiger partial charge in [-0.05, 0) is 16.4 Å². The van der Waals surface area contributed by atoms with E-state index in [9.17, 15) is 0 Å². The molecule has 0 spiro atoms. The molecule has 0 aromatic rings. The first kappa shape index (κ1) is 11.3. The second kappa shape index (κ2) is 2.85.